The first-order valence-electron chi connectivity index (χ1n) is 4.23. The first kappa shape index (κ1) is 8.83. The highest BCUT2D eigenvalue weighted by molar-refractivity contribution is 5.28. The van der Waals surface area contributed by atoms with Gasteiger partial charge in [-0.1, -0.05) is 6.07 Å². The molecule has 0 fully saturated rings. The van der Waals surface area contributed by atoms with E-state index in [1.54, 1.807) is 17.1 Å². The molecule has 14 heavy (non-hydrogen) atoms. The van der Waals surface area contributed by atoms with Crippen LogP contribution in [0.25, 0.3) is 5.82 Å². The third kappa shape index (κ3) is 1.49. The second-order valence-corrected chi connectivity index (χ2v) is 2.91. The van der Waals surface area contributed by atoms with Crippen LogP contribution >= 0.6 is 0 Å². The highest BCUT2D eigenvalue weighted by atomic mass is 16.3. The highest BCUT2D eigenvalue weighted by Gasteiger charge is 2.02. The minimum atomic E-state index is 0.0104. The molecule has 2 heterocycles. The Hall–Kier alpha value is -1.75. The van der Waals surface area contributed by atoms with Crippen LogP contribution < -0.4 is 0 Å². The number of rotatable bonds is 2. The van der Waals surface area contributed by atoms with Gasteiger partial charge in [-0.2, -0.15) is 5.10 Å². The molecule has 2 rings (SSSR count). The van der Waals surface area contributed by atoms with Gasteiger partial charge in [-0.3, -0.25) is 0 Å². The predicted molar refractivity (Wildman–Crippen MR) is 49.8 cm³/mol. The van der Waals surface area contributed by atoms with Gasteiger partial charge in [0.1, 0.15) is 12.7 Å². The summed E-state index contributed by atoms with van der Waals surface area (Å²) in [5.74, 6) is 0.706. The summed E-state index contributed by atoms with van der Waals surface area (Å²) in [5.41, 5.74) is 1.63. The van der Waals surface area contributed by atoms with Crippen LogP contribution in [-0.4, -0.2) is 24.9 Å². The molecule has 0 aromatic carbocycles. The zero-order valence-corrected chi connectivity index (χ0v) is 7.75. The number of hydrogen-bond acceptors (Lipinski definition) is 4. The Morgan fingerprint density at radius 3 is 2.86 bits per heavy atom. The van der Waals surface area contributed by atoms with Crippen molar-refractivity contribution in [2.45, 2.75) is 13.5 Å². The van der Waals surface area contributed by atoms with E-state index < -0.39 is 0 Å². The van der Waals surface area contributed by atoms with Gasteiger partial charge in [-0.15, -0.1) is 0 Å². The van der Waals surface area contributed by atoms with E-state index in [0.29, 0.717) is 5.82 Å². The lowest BCUT2D eigenvalue weighted by molar-refractivity contribution is 0.280. The van der Waals surface area contributed by atoms with Crippen LogP contribution in [0.4, 0.5) is 0 Å². The van der Waals surface area contributed by atoms with Gasteiger partial charge in [0.05, 0.1) is 6.61 Å². The molecule has 0 aliphatic carbocycles. The molecular weight excluding hydrogens is 180 g/mol. The van der Waals surface area contributed by atoms with Crippen molar-refractivity contribution in [1.29, 1.82) is 0 Å². The lowest BCUT2D eigenvalue weighted by Crippen LogP contribution is -2.01. The van der Waals surface area contributed by atoms with Gasteiger partial charge in [-0.25, -0.2) is 14.6 Å². The first-order chi connectivity index (χ1) is 6.81. The molecule has 2 aromatic rings. The maximum atomic E-state index is 8.97. The van der Waals surface area contributed by atoms with E-state index in [1.165, 1.54) is 6.33 Å². The van der Waals surface area contributed by atoms with Gasteiger partial charge in [0.25, 0.3) is 0 Å². The Morgan fingerprint density at radius 1 is 1.43 bits per heavy atom. The van der Waals surface area contributed by atoms with Crippen LogP contribution in [0.5, 0.6) is 0 Å². The second-order valence-electron chi connectivity index (χ2n) is 2.91. The Morgan fingerprint density at radius 2 is 2.29 bits per heavy atom. The quantitative estimate of drug-likeness (QED) is 0.747. The molecular formula is C9H10N4O. The van der Waals surface area contributed by atoms with Crippen molar-refractivity contribution in [2.75, 3.05) is 0 Å². The number of aliphatic hydroxyl groups is 1. The first-order valence-corrected chi connectivity index (χ1v) is 4.23. The molecule has 0 amide bonds. The molecule has 0 atom stereocenters. The topological polar surface area (TPSA) is 63.8 Å². The van der Waals surface area contributed by atoms with Gasteiger partial charge >= 0.3 is 0 Å². The molecule has 0 saturated heterocycles. The molecule has 0 saturated carbocycles. The molecule has 1 N–H and O–H groups in total. The summed E-state index contributed by atoms with van der Waals surface area (Å²) in [6.07, 6.45) is 3.04. The Kier molecular flexibility index (Phi) is 2.24. The smallest absolute Gasteiger partial charge is 0.155 e. The van der Waals surface area contributed by atoms with Crippen LogP contribution in [0.3, 0.4) is 0 Å². The summed E-state index contributed by atoms with van der Waals surface area (Å²) in [6.45, 7) is 1.86. The fraction of sp³-hybridized carbons (Fsp3) is 0.222. The number of hydrogen-bond donors (Lipinski definition) is 1. The molecule has 0 spiro atoms. The van der Waals surface area contributed by atoms with Gasteiger partial charge in [0.2, 0.25) is 0 Å². The van der Waals surface area contributed by atoms with Crippen molar-refractivity contribution < 1.29 is 5.11 Å². The number of nitrogens with zero attached hydrogens (tertiary/aromatic N) is 4. The summed E-state index contributed by atoms with van der Waals surface area (Å²) in [4.78, 5) is 8.12. The van der Waals surface area contributed by atoms with Gasteiger partial charge in [0, 0.05) is 5.69 Å². The summed E-state index contributed by atoms with van der Waals surface area (Å²) in [6, 6.07) is 3.63. The molecule has 2 aromatic heterocycles. The van der Waals surface area contributed by atoms with E-state index in [9.17, 15) is 0 Å². The minimum Gasteiger partial charge on any atom is -0.392 e. The Balaban J connectivity index is 2.43. The molecule has 0 aliphatic heterocycles. The van der Waals surface area contributed by atoms with Crippen molar-refractivity contribution in [3.05, 3.63) is 36.0 Å². The average molecular weight is 190 g/mol. The Labute approximate surface area is 81.1 Å². The normalized spacial score (nSPS) is 10.4. The zero-order valence-electron chi connectivity index (χ0n) is 7.75. The molecule has 0 unspecified atom stereocenters. The van der Waals surface area contributed by atoms with Gasteiger partial charge in [-0.05, 0) is 18.6 Å². The average Bonchev–Trinajstić information content (AvgIpc) is 2.70. The van der Waals surface area contributed by atoms with E-state index >= 15 is 0 Å². The van der Waals surface area contributed by atoms with E-state index in [-0.39, 0.29) is 6.61 Å². The zero-order chi connectivity index (χ0) is 9.97. The van der Waals surface area contributed by atoms with Crippen LogP contribution in [0, 0.1) is 6.92 Å². The van der Waals surface area contributed by atoms with Crippen LogP contribution in [-0.2, 0) is 6.61 Å². The third-order valence-electron chi connectivity index (χ3n) is 2.00. The third-order valence-corrected chi connectivity index (χ3v) is 2.00. The maximum Gasteiger partial charge on any atom is 0.155 e. The van der Waals surface area contributed by atoms with Gasteiger partial charge in [0.15, 0.2) is 5.82 Å². The van der Waals surface area contributed by atoms with Gasteiger partial charge < -0.3 is 5.11 Å². The number of aliphatic hydroxyl groups excluding tert-OH is 1. The summed E-state index contributed by atoms with van der Waals surface area (Å²) in [7, 11) is 0. The van der Waals surface area contributed by atoms with E-state index in [1.807, 2.05) is 13.0 Å². The van der Waals surface area contributed by atoms with E-state index in [4.69, 9.17) is 5.11 Å². The summed E-state index contributed by atoms with van der Waals surface area (Å²) >= 11 is 0. The van der Waals surface area contributed by atoms with Crippen LogP contribution in [0.1, 0.15) is 11.3 Å². The van der Waals surface area contributed by atoms with Crippen LogP contribution in [0.2, 0.25) is 0 Å². The molecule has 0 bridgehead atoms. The molecule has 72 valence electrons. The lowest BCUT2D eigenvalue weighted by atomic mass is 10.2. The van der Waals surface area contributed by atoms with Crippen molar-refractivity contribution >= 4 is 0 Å². The molecule has 0 aliphatic rings. The standard InChI is InChI=1S/C9H10N4O/c1-7-8(4-14)2-3-9(12-7)13-6-10-5-11-13/h2-3,5-6,14H,4H2,1H3. The number of pyridine rings is 1. The largest absolute Gasteiger partial charge is 0.392 e. The van der Waals surface area contributed by atoms with E-state index in [2.05, 4.69) is 15.1 Å². The van der Waals surface area contributed by atoms with Crippen molar-refractivity contribution in [2.24, 2.45) is 0 Å². The summed E-state index contributed by atoms with van der Waals surface area (Å²) < 4.78 is 1.58. The molecule has 5 nitrogen and oxygen atoms in total. The Bertz CT molecular complexity index is 424. The molecule has 5 heteroatoms. The van der Waals surface area contributed by atoms with E-state index in [0.717, 1.165) is 11.3 Å². The summed E-state index contributed by atoms with van der Waals surface area (Å²) in [5, 5.41) is 12.9. The second kappa shape index (κ2) is 3.55. The van der Waals surface area contributed by atoms with Crippen molar-refractivity contribution in [3.63, 3.8) is 0 Å². The number of aryl methyl sites for hydroxylation is 1. The van der Waals surface area contributed by atoms with Crippen molar-refractivity contribution in [1.82, 2.24) is 19.7 Å². The molecule has 0 radical (unpaired) electrons. The fourth-order valence-corrected chi connectivity index (χ4v) is 1.20. The fourth-order valence-electron chi connectivity index (χ4n) is 1.20. The van der Waals surface area contributed by atoms with Crippen molar-refractivity contribution in [3.8, 4) is 5.82 Å². The maximum absolute atomic E-state index is 8.97. The number of aromatic nitrogens is 4. The monoisotopic (exact) mass is 190 g/mol. The minimum absolute atomic E-state index is 0.0104. The predicted octanol–water partition coefficient (Wildman–Crippen LogP) is 0.463. The SMILES string of the molecule is Cc1nc(-n2cncn2)ccc1CO. The lowest BCUT2D eigenvalue weighted by Gasteiger charge is -2.04. The highest BCUT2D eigenvalue weighted by Crippen LogP contribution is 2.08. The van der Waals surface area contributed by atoms with Crippen LogP contribution in [0.15, 0.2) is 24.8 Å².